The number of carbonyl (C=O) groups excluding carboxylic acids is 2. The van der Waals surface area contributed by atoms with Gasteiger partial charge in [-0.2, -0.15) is 17.9 Å². The van der Waals surface area contributed by atoms with Gasteiger partial charge in [0.05, 0.1) is 18.6 Å². The Morgan fingerprint density at radius 2 is 1.67 bits per heavy atom. The lowest BCUT2D eigenvalue weighted by Gasteiger charge is -2.20. The van der Waals surface area contributed by atoms with Gasteiger partial charge in [-0.1, -0.05) is 12.1 Å². The van der Waals surface area contributed by atoms with Gasteiger partial charge in [0, 0.05) is 6.42 Å². The minimum atomic E-state index is -5.45. The first-order valence-corrected chi connectivity index (χ1v) is 13.6. The van der Waals surface area contributed by atoms with Gasteiger partial charge in [0.25, 0.3) is 0 Å². The zero-order valence-corrected chi connectivity index (χ0v) is 23.9. The van der Waals surface area contributed by atoms with Crippen molar-refractivity contribution in [2.24, 2.45) is 16.6 Å². The molecule has 1 atom stereocenters. The number of benzene rings is 2. The number of oxime groups is 1. The molecule has 5 N–H and O–H groups in total. The van der Waals surface area contributed by atoms with E-state index in [2.05, 4.69) is 19.7 Å². The normalized spacial score (nSPS) is 12.2. The van der Waals surface area contributed by atoms with Crippen molar-refractivity contribution in [2.45, 2.75) is 50.7 Å². The molecule has 17 heteroatoms. The molecule has 0 aliphatic rings. The van der Waals surface area contributed by atoms with Crippen molar-refractivity contribution in [3.63, 3.8) is 0 Å². The van der Waals surface area contributed by atoms with Crippen LogP contribution in [0.25, 0.3) is 0 Å². The lowest BCUT2D eigenvalue weighted by molar-refractivity contribution is -0.286. The lowest BCUT2D eigenvalue weighted by Crippen LogP contribution is -2.44. The van der Waals surface area contributed by atoms with Gasteiger partial charge in [0.1, 0.15) is 24.1 Å². The zero-order chi connectivity index (χ0) is 31.7. The van der Waals surface area contributed by atoms with Crippen LogP contribution < -0.4 is 25.7 Å². The van der Waals surface area contributed by atoms with Gasteiger partial charge in [-0.25, -0.2) is 27.8 Å². The second kappa shape index (κ2) is 14.6. The number of nitrogens with one attached hydrogen (secondary N) is 1. The summed E-state index contributed by atoms with van der Waals surface area (Å²) in [6.45, 7) is 5.09. The smallest absolute Gasteiger partial charge is 0.495 e. The van der Waals surface area contributed by atoms with Crippen LogP contribution in [0.2, 0.25) is 0 Å². The predicted octanol–water partition coefficient (Wildman–Crippen LogP) is 2.05. The summed E-state index contributed by atoms with van der Waals surface area (Å²) in [7, 11) is -3.05. The zero-order valence-electron chi connectivity index (χ0n) is 23.1. The average molecular weight is 621 g/mol. The van der Waals surface area contributed by atoms with Crippen LogP contribution in [-0.4, -0.2) is 58.9 Å². The molecule has 13 nitrogen and oxygen atoms in total. The number of ether oxygens (including phenoxy) is 2. The highest BCUT2D eigenvalue weighted by atomic mass is 32.2. The number of hydrogen-bond donors (Lipinski definition) is 3. The van der Waals surface area contributed by atoms with E-state index >= 15 is 0 Å². The molecular formula is C25H31F3N4O9S. The number of rotatable bonds is 13. The third-order valence-electron chi connectivity index (χ3n) is 5.66. The Bertz CT molecular complexity index is 1400. The summed E-state index contributed by atoms with van der Waals surface area (Å²) in [4.78, 5) is 36.1. The van der Waals surface area contributed by atoms with Crippen molar-refractivity contribution in [3.8, 4) is 11.5 Å². The molecule has 0 saturated carbocycles. The maximum atomic E-state index is 13.4. The summed E-state index contributed by atoms with van der Waals surface area (Å²) >= 11 is 0. The molecule has 0 heterocycles. The minimum Gasteiger partial charge on any atom is -0.496 e. The lowest BCUT2D eigenvalue weighted by atomic mass is 10.1. The van der Waals surface area contributed by atoms with Crippen LogP contribution in [0.4, 0.5) is 13.2 Å². The van der Waals surface area contributed by atoms with Gasteiger partial charge in [-0.05, 0) is 72.8 Å². The molecule has 0 radical (unpaired) electrons. The van der Waals surface area contributed by atoms with Crippen LogP contribution in [0, 0.1) is 20.8 Å². The number of sulfonamides is 1. The van der Waals surface area contributed by atoms with Crippen molar-refractivity contribution in [1.82, 2.24) is 4.72 Å². The van der Waals surface area contributed by atoms with E-state index < -0.39 is 34.2 Å². The van der Waals surface area contributed by atoms with Crippen molar-refractivity contribution in [1.29, 1.82) is 0 Å². The summed E-state index contributed by atoms with van der Waals surface area (Å²) in [6, 6.07) is 5.73. The number of guanidine groups is 1. The SMILES string of the molecule is COc1cc(C)c(S(=O)(=O)N[C@@H](Cc2ccc(OCCCON=C(N)N)cc2)C(=O)OOC(=O)C(F)(F)F)c(C)c1C. The molecule has 0 spiro atoms. The first kappa shape index (κ1) is 34.0. The maximum absolute atomic E-state index is 13.4. The Labute approximate surface area is 239 Å². The maximum Gasteiger partial charge on any atom is 0.495 e. The average Bonchev–Trinajstić information content (AvgIpc) is 2.90. The fourth-order valence-corrected chi connectivity index (χ4v) is 5.35. The Kier molecular flexibility index (Phi) is 11.8. The number of carbonyl (C=O) groups is 2. The molecule has 2 aromatic rings. The monoisotopic (exact) mass is 620 g/mol. The summed E-state index contributed by atoms with van der Waals surface area (Å²) in [5.74, 6) is -3.75. The molecule has 0 aliphatic heterocycles. The summed E-state index contributed by atoms with van der Waals surface area (Å²) < 4.78 is 77.4. The largest absolute Gasteiger partial charge is 0.496 e. The van der Waals surface area contributed by atoms with Crippen molar-refractivity contribution in [3.05, 3.63) is 52.6 Å². The number of hydrogen-bond acceptors (Lipinski definition) is 10. The predicted molar refractivity (Wildman–Crippen MR) is 142 cm³/mol. The highest BCUT2D eigenvalue weighted by Gasteiger charge is 2.43. The fraction of sp³-hybridized carbons (Fsp3) is 0.400. The van der Waals surface area contributed by atoms with Gasteiger partial charge in [0.15, 0.2) is 0 Å². The van der Waals surface area contributed by atoms with Crippen LogP contribution in [0.3, 0.4) is 0 Å². The number of nitrogens with two attached hydrogens (primary N) is 2. The number of halogens is 3. The molecule has 0 aromatic heterocycles. The van der Waals surface area contributed by atoms with Crippen LogP contribution >= 0.6 is 0 Å². The Morgan fingerprint density at radius 1 is 1.02 bits per heavy atom. The van der Waals surface area contributed by atoms with Gasteiger partial charge < -0.3 is 25.8 Å². The Morgan fingerprint density at radius 3 is 2.24 bits per heavy atom. The van der Waals surface area contributed by atoms with Gasteiger partial charge in [-0.15, -0.1) is 0 Å². The molecule has 42 heavy (non-hydrogen) atoms. The number of alkyl halides is 3. The Hall–Kier alpha value is -4.25. The van der Waals surface area contributed by atoms with E-state index in [1.807, 2.05) is 0 Å². The van der Waals surface area contributed by atoms with Crippen LogP contribution in [0.5, 0.6) is 11.5 Å². The molecule has 2 aromatic carbocycles. The van der Waals surface area contributed by atoms with Crippen molar-refractivity contribution in [2.75, 3.05) is 20.3 Å². The molecule has 0 fully saturated rings. The van der Waals surface area contributed by atoms with E-state index in [0.717, 1.165) is 0 Å². The van der Waals surface area contributed by atoms with Crippen molar-refractivity contribution >= 4 is 27.9 Å². The molecule has 0 aliphatic carbocycles. The summed E-state index contributed by atoms with van der Waals surface area (Å²) in [5.41, 5.74) is 11.8. The van der Waals surface area contributed by atoms with E-state index in [0.29, 0.717) is 34.6 Å². The Balaban J connectivity index is 2.25. The standard InChI is InChI=1S/C25H31F3N4O9S/c1-14-12-20(37-4)15(2)16(3)21(14)42(35,36)32-19(22(33)40-41-23(34)25(26,27)28)13-17-6-8-18(9-7-17)38-10-5-11-39-31-24(29)30/h6-9,12,19,32H,5,10-11,13H2,1-4H3,(H4,29,30,31)/t19-/m0/s1. The van der Waals surface area contributed by atoms with E-state index in [-0.39, 0.29) is 36.1 Å². The molecular weight excluding hydrogens is 589 g/mol. The molecule has 0 unspecified atom stereocenters. The highest BCUT2D eigenvalue weighted by molar-refractivity contribution is 7.89. The number of methoxy groups -OCH3 is 1. The summed E-state index contributed by atoms with van der Waals surface area (Å²) in [6.07, 6.45) is -5.40. The van der Waals surface area contributed by atoms with E-state index in [1.54, 1.807) is 6.92 Å². The topological polar surface area (TPSA) is 191 Å². The van der Waals surface area contributed by atoms with Gasteiger partial charge >= 0.3 is 18.1 Å². The second-order valence-electron chi connectivity index (χ2n) is 8.82. The highest BCUT2D eigenvalue weighted by Crippen LogP contribution is 2.31. The molecule has 2 rings (SSSR count). The van der Waals surface area contributed by atoms with Crippen molar-refractivity contribution < 1.29 is 55.3 Å². The van der Waals surface area contributed by atoms with Crippen LogP contribution in [0.15, 0.2) is 40.4 Å². The molecule has 232 valence electrons. The van der Waals surface area contributed by atoms with Crippen LogP contribution in [0.1, 0.15) is 28.7 Å². The number of aryl methyl sites for hydroxylation is 1. The number of nitrogens with zero attached hydrogens (tertiary/aromatic N) is 1. The third-order valence-corrected chi connectivity index (χ3v) is 7.42. The van der Waals surface area contributed by atoms with E-state index in [9.17, 15) is 31.2 Å². The van der Waals surface area contributed by atoms with E-state index in [1.165, 1.54) is 51.3 Å². The fourth-order valence-electron chi connectivity index (χ4n) is 3.64. The minimum absolute atomic E-state index is 0.168. The first-order valence-electron chi connectivity index (χ1n) is 12.2. The second-order valence-corrected chi connectivity index (χ2v) is 10.5. The quantitative estimate of drug-likeness (QED) is 0.0976. The summed E-state index contributed by atoms with van der Waals surface area (Å²) in [5, 5.41) is 3.36. The van der Waals surface area contributed by atoms with Crippen LogP contribution in [-0.2, 0) is 40.6 Å². The molecule has 0 saturated heterocycles. The first-order chi connectivity index (χ1) is 19.6. The molecule has 0 bridgehead atoms. The molecule has 0 amide bonds. The van der Waals surface area contributed by atoms with Gasteiger partial charge in [-0.3, -0.25) is 0 Å². The van der Waals surface area contributed by atoms with E-state index in [4.69, 9.17) is 25.8 Å². The third kappa shape index (κ3) is 9.69. The van der Waals surface area contributed by atoms with Gasteiger partial charge in [0.2, 0.25) is 16.0 Å².